The third-order valence-electron chi connectivity index (χ3n) is 2.83. The predicted molar refractivity (Wildman–Crippen MR) is 85.6 cm³/mol. The van der Waals surface area contributed by atoms with Crippen LogP contribution in [0.5, 0.6) is 5.75 Å². The van der Waals surface area contributed by atoms with Gasteiger partial charge in [-0.15, -0.1) is 13.2 Å². The fourth-order valence-corrected chi connectivity index (χ4v) is 1.92. The lowest BCUT2D eigenvalue weighted by Crippen LogP contribution is -2.17. The highest BCUT2D eigenvalue weighted by Crippen LogP contribution is 2.23. The summed E-state index contributed by atoms with van der Waals surface area (Å²) in [5.41, 5.74) is 2.38. The van der Waals surface area contributed by atoms with Crippen LogP contribution in [0, 0.1) is 11.3 Å². The van der Waals surface area contributed by atoms with Gasteiger partial charge in [-0.1, -0.05) is 23.7 Å². The van der Waals surface area contributed by atoms with E-state index in [1.165, 1.54) is 0 Å². The molecule has 5 nitrogen and oxygen atoms in total. The summed E-state index contributed by atoms with van der Waals surface area (Å²) in [7, 11) is 0. The zero-order chi connectivity index (χ0) is 18.4. The van der Waals surface area contributed by atoms with E-state index in [1.54, 1.807) is 30.3 Å². The number of Topliss-reactive ketones (excluding diaryl/α,β-unsaturated/α-hetero) is 1. The number of halogens is 4. The lowest BCUT2D eigenvalue weighted by molar-refractivity contribution is -0.274. The van der Waals surface area contributed by atoms with Crippen LogP contribution in [0.1, 0.15) is 10.4 Å². The Kier molecular flexibility index (Phi) is 5.62. The van der Waals surface area contributed by atoms with Gasteiger partial charge < -0.3 is 4.74 Å². The zero-order valence-corrected chi connectivity index (χ0v) is 13.1. The topological polar surface area (TPSA) is 74.5 Å². The number of nitrogens with zero attached hydrogens (tertiary/aromatic N) is 2. The number of hydrogen-bond donors (Lipinski definition) is 1. The maximum absolute atomic E-state index is 12.2. The Morgan fingerprint density at radius 3 is 2.36 bits per heavy atom. The first kappa shape index (κ1) is 18.3. The second-order valence-corrected chi connectivity index (χ2v) is 4.97. The van der Waals surface area contributed by atoms with E-state index in [1.807, 2.05) is 0 Å². The summed E-state index contributed by atoms with van der Waals surface area (Å²) >= 11 is 5.91. The Bertz CT molecular complexity index is 843. The highest BCUT2D eigenvalue weighted by atomic mass is 35.5. The molecular formula is C16H9ClF3N3O2. The van der Waals surface area contributed by atoms with Gasteiger partial charge in [0.05, 0.1) is 10.7 Å². The summed E-state index contributed by atoms with van der Waals surface area (Å²) < 4.78 is 40.0. The fourth-order valence-electron chi connectivity index (χ4n) is 1.74. The molecule has 0 aliphatic rings. The number of carbonyl (C=O) groups is 1. The first-order chi connectivity index (χ1) is 11.8. The van der Waals surface area contributed by atoms with E-state index in [9.17, 15) is 18.0 Å². The van der Waals surface area contributed by atoms with Gasteiger partial charge in [0.15, 0.2) is 0 Å². The van der Waals surface area contributed by atoms with Crippen molar-refractivity contribution in [1.82, 2.24) is 0 Å². The molecule has 1 N–H and O–H groups in total. The molecule has 0 spiro atoms. The first-order valence-corrected chi connectivity index (χ1v) is 7.07. The summed E-state index contributed by atoms with van der Waals surface area (Å²) in [6.45, 7) is 0. The van der Waals surface area contributed by atoms with E-state index in [0.29, 0.717) is 10.7 Å². The molecule has 128 valence electrons. The van der Waals surface area contributed by atoms with Gasteiger partial charge in [-0.05, 0) is 36.4 Å². The summed E-state index contributed by atoms with van der Waals surface area (Å²) in [5.74, 6) is -1.24. The molecule has 0 radical (unpaired) electrons. The average molecular weight is 368 g/mol. The first-order valence-electron chi connectivity index (χ1n) is 6.69. The maximum atomic E-state index is 12.2. The van der Waals surface area contributed by atoms with Crippen molar-refractivity contribution in [3.05, 3.63) is 59.1 Å². The zero-order valence-electron chi connectivity index (χ0n) is 12.3. The number of benzene rings is 2. The number of hydrogen-bond acceptors (Lipinski definition) is 5. The Morgan fingerprint density at radius 1 is 1.16 bits per heavy atom. The highest BCUT2D eigenvalue weighted by Gasteiger charge is 2.31. The minimum Gasteiger partial charge on any atom is -0.406 e. The molecule has 9 heteroatoms. The number of ether oxygens (including phenoxy) is 1. The second-order valence-electron chi connectivity index (χ2n) is 4.57. The molecule has 2 aromatic rings. The van der Waals surface area contributed by atoms with E-state index in [-0.39, 0.29) is 5.56 Å². The quantitative estimate of drug-likeness (QED) is 0.482. The van der Waals surface area contributed by atoms with Crippen molar-refractivity contribution >= 4 is 28.8 Å². The Balaban J connectivity index is 2.15. The van der Waals surface area contributed by atoms with Crippen LogP contribution in [-0.2, 0) is 0 Å². The molecule has 0 fully saturated rings. The van der Waals surface area contributed by atoms with Gasteiger partial charge in [0, 0.05) is 5.56 Å². The molecule has 0 bridgehead atoms. The van der Waals surface area contributed by atoms with Gasteiger partial charge in [-0.25, -0.2) is 0 Å². The van der Waals surface area contributed by atoms with Gasteiger partial charge in [0.2, 0.25) is 11.5 Å². The maximum Gasteiger partial charge on any atom is 0.573 e. The van der Waals surface area contributed by atoms with Gasteiger partial charge in [0.1, 0.15) is 11.8 Å². The summed E-state index contributed by atoms with van der Waals surface area (Å²) in [5, 5.41) is 13.1. The smallest absolute Gasteiger partial charge is 0.406 e. The Hall–Kier alpha value is -3.05. The molecule has 25 heavy (non-hydrogen) atoms. The number of nitrogens with one attached hydrogen (secondary N) is 1. The molecule has 0 saturated carbocycles. The Morgan fingerprint density at radius 2 is 1.80 bits per heavy atom. The lowest BCUT2D eigenvalue weighted by atomic mass is 10.1. The van der Waals surface area contributed by atoms with Crippen LogP contribution in [0.4, 0.5) is 18.9 Å². The number of para-hydroxylation sites is 1. The number of ketones is 1. The largest absolute Gasteiger partial charge is 0.573 e. The highest BCUT2D eigenvalue weighted by molar-refractivity contribution is 6.51. The molecule has 0 atom stereocenters. The van der Waals surface area contributed by atoms with Crippen LogP contribution in [0.15, 0.2) is 53.6 Å². The molecule has 2 rings (SSSR count). The van der Waals surface area contributed by atoms with Crippen molar-refractivity contribution < 1.29 is 22.7 Å². The second kappa shape index (κ2) is 7.68. The number of hydrazone groups is 1. The number of nitriles is 1. The van der Waals surface area contributed by atoms with Crippen molar-refractivity contribution in [1.29, 1.82) is 5.26 Å². The molecule has 0 aliphatic heterocycles. The number of anilines is 1. The molecule has 0 amide bonds. The third-order valence-corrected chi connectivity index (χ3v) is 3.16. The standard InChI is InChI=1S/C16H9ClF3N3O2/c17-12-3-1-2-4-13(12)22-23-14(9-21)15(24)10-5-7-11(8-6-10)25-16(18,19)20/h1-8,22H/b23-14+. The van der Waals surface area contributed by atoms with Crippen LogP contribution in [0.2, 0.25) is 5.02 Å². The van der Waals surface area contributed by atoms with Crippen molar-refractivity contribution in [2.24, 2.45) is 5.10 Å². The van der Waals surface area contributed by atoms with Crippen LogP contribution in [0.25, 0.3) is 0 Å². The normalized spacial score (nSPS) is 11.6. The van der Waals surface area contributed by atoms with E-state index in [4.69, 9.17) is 16.9 Å². The van der Waals surface area contributed by atoms with Crippen molar-refractivity contribution in [3.63, 3.8) is 0 Å². The minimum atomic E-state index is -4.83. The Labute approximate surface area is 145 Å². The van der Waals surface area contributed by atoms with Crippen LogP contribution < -0.4 is 10.2 Å². The van der Waals surface area contributed by atoms with E-state index in [0.717, 1.165) is 24.3 Å². The van der Waals surface area contributed by atoms with Crippen molar-refractivity contribution in [2.75, 3.05) is 5.43 Å². The molecular weight excluding hydrogens is 359 g/mol. The monoisotopic (exact) mass is 367 g/mol. The van der Waals surface area contributed by atoms with Gasteiger partial charge in [0.25, 0.3) is 0 Å². The van der Waals surface area contributed by atoms with Crippen molar-refractivity contribution in [3.8, 4) is 11.8 Å². The van der Waals surface area contributed by atoms with E-state index >= 15 is 0 Å². The van der Waals surface area contributed by atoms with Crippen LogP contribution in [0.3, 0.4) is 0 Å². The number of alkyl halides is 3. The molecule has 0 saturated heterocycles. The molecule has 0 unspecified atom stereocenters. The van der Waals surface area contributed by atoms with Crippen LogP contribution in [-0.4, -0.2) is 17.9 Å². The summed E-state index contributed by atoms with van der Waals surface area (Å²) in [6.07, 6.45) is -4.83. The molecule has 0 aliphatic carbocycles. The van der Waals surface area contributed by atoms with Gasteiger partial charge >= 0.3 is 6.36 Å². The minimum absolute atomic E-state index is 0.0178. The van der Waals surface area contributed by atoms with Gasteiger partial charge in [-0.2, -0.15) is 10.4 Å². The van der Waals surface area contributed by atoms with Gasteiger partial charge in [-0.3, -0.25) is 10.2 Å². The summed E-state index contributed by atoms with van der Waals surface area (Å²) in [6, 6.07) is 12.3. The van der Waals surface area contributed by atoms with E-state index < -0.39 is 23.6 Å². The molecule has 2 aromatic carbocycles. The molecule has 0 aromatic heterocycles. The SMILES string of the molecule is N#C/C(=N\Nc1ccccc1Cl)C(=O)c1ccc(OC(F)(F)F)cc1. The predicted octanol–water partition coefficient (Wildman–Crippen LogP) is 4.41. The third kappa shape index (κ3) is 5.22. The average Bonchev–Trinajstić information content (AvgIpc) is 2.56. The van der Waals surface area contributed by atoms with E-state index in [2.05, 4.69) is 15.3 Å². The summed E-state index contributed by atoms with van der Waals surface area (Å²) in [4.78, 5) is 12.2. The fraction of sp³-hybridized carbons (Fsp3) is 0.0625. The van der Waals surface area contributed by atoms with Crippen LogP contribution >= 0.6 is 11.6 Å². The molecule has 0 heterocycles. The number of rotatable bonds is 5. The van der Waals surface area contributed by atoms with Crippen molar-refractivity contribution in [2.45, 2.75) is 6.36 Å². The lowest BCUT2D eigenvalue weighted by Gasteiger charge is -2.08. The number of carbonyl (C=O) groups excluding carboxylic acids is 1.